The molecule has 0 aromatic heterocycles. The van der Waals surface area contributed by atoms with Gasteiger partial charge in [-0.3, -0.25) is 14.4 Å². The van der Waals surface area contributed by atoms with Crippen LogP contribution < -0.4 is 5.32 Å². The van der Waals surface area contributed by atoms with E-state index in [9.17, 15) is 19.6 Å². The Balaban J connectivity index is 1.70. The molecule has 0 bridgehead atoms. The zero-order valence-corrected chi connectivity index (χ0v) is 26.4. The van der Waals surface area contributed by atoms with E-state index in [-0.39, 0.29) is 36.5 Å². The number of halogens is 1. The quantitative estimate of drug-likeness (QED) is 0.198. The van der Waals surface area contributed by atoms with Gasteiger partial charge in [0.1, 0.15) is 6.04 Å². The number of hydrogen-bond acceptors (Lipinski definition) is 4. The van der Waals surface area contributed by atoms with Crippen LogP contribution in [0.25, 0.3) is 0 Å². The van der Waals surface area contributed by atoms with Crippen molar-refractivity contribution in [3.05, 3.63) is 142 Å². The molecule has 1 saturated heterocycles. The van der Waals surface area contributed by atoms with Crippen molar-refractivity contribution >= 4 is 29.2 Å². The minimum absolute atomic E-state index is 0.0215. The summed E-state index contributed by atoms with van der Waals surface area (Å²) in [7, 11) is 0. The van der Waals surface area contributed by atoms with E-state index in [2.05, 4.69) is 11.4 Å². The molecule has 6 nitrogen and oxygen atoms in total. The van der Waals surface area contributed by atoms with Gasteiger partial charge in [-0.2, -0.15) is 5.26 Å². The van der Waals surface area contributed by atoms with Gasteiger partial charge in [-0.1, -0.05) is 110 Å². The zero-order valence-electron chi connectivity index (χ0n) is 25.6. The highest BCUT2D eigenvalue weighted by molar-refractivity contribution is 6.30. The zero-order chi connectivity index (χ0) is 32.1. The van der Waals surface area contributed by atoms with E-state index >= 15 is 0 Å². The molecule has 2 amide bonds. The van der Waals surface area contributed by atoms with Crippen LogP contribution >= 0.6 is 11.6 Å². The molecule has 1 aliphatic rings. The van der Waals surface area contributed by atoms with Crippen LogP contribution in [-0.2, 0) is 16.1 Å². The van der Waals surface area contributed by atoms with Gasteiger partial charge < -0.3 is 10.2 Å². The molecule has 4 aromatic rings. The summed E-state index contributed by atoms with van der Waals surface area (Å²) in [6.45, 7) is 6.19. The number of carbonyl (C=O) groups excluding carboxylic acids is 3. The third-order valence-corrected chi connectivity index (χ3v) is 8.64. The Bertz CT molecular complexity index is 1690. The first-order chi connectivity index (χ1) is 21.7. The van der Waals surface area contributed by atoms with E-state index in [1.165, 1.54) is 0 Å². The molecular formula is C38H36ClN3O3. The van der Waals surface area contributed by atoms with Crippen LogP contribution in [-0.4, -0.2) is 28.5 Å². The largest absolute Gasteiger partial charge is 0.350 e. The normalized spacial score (nSPS) is 19.2. The SMILES string of the molecule is Cc1ccc(CNC(=O)C2C(c3ccc(Cl)cc3)C(C(=O)c3ccccc3)C(c3ccc(C#N)cc3)N2C(=O)CC(C)C)cc1. The predicted molar refractivity (Wildman–Crippen MR) is 175 cm³/mol. The molecule has 0 spiro atoms. The minimum Gasteiger partial charge on any atom is -0.350 e. The van der Waals surface area contributed by atoms with Crippen molar-refractivity contribution in [3.63, 3.8) is 0 Å². The molecule has 4 aromatic carbocycles. The highest BCUT2D eigenvalue weighted by Crippen LogP contribution is 2.51. The summed E-state index contributed by atoms with van der Waals surface area (Å²) in [5.74, 6) is -2.17. The predicted octanol–water partition coefficient (Wildman–Crippen LogP) is 7.42. The Hall–Kier alpha value is -4.73. The third-order valence-electron chi connectivity index (χ3n) is 8.39. The van der Waals surface area contributed by atoms with Gasteiger partial charge in [0.2, 0.25) is 11.8 Å². The number of carbonyl (C=O) groups is 3. The highest BCUT2D eigenvalue weighted by Gasteiger charge is 2.57. The lowest BCUT2D eigenvalue weighted by Gasteiger charge is -2.32. The summed E-state index contributed by atoms with van der Waals surface area (Å²) in [5, 5.41) is 13.1. The molecule has 0 saturated carbocycles. The van der Waals surface area contributed by atoms with Crippen LogP contribution in [0.2, 0.25) is 5.02 Å². The Morgan fingerprint density at radius 1 is 0.867 bits per heavy atom. The lowest BCUT2D eigenvalue weighted by atomic mass is 9.76. The number of amides is 2. The maximum atomic E-state index is 14.6. The fourth-order valence-electron chi connectivity index (χ4n) is 6.26. The van der Waals surface area contributed by atoms with E-state index in [1.54, 1.807) is 53.4 Å². The first kappa shape index (κ1) is 31.7. The second kappa shape index (κ2) is 13.9. The van der Waals surface area contributed by atoms with E-state index < -0.39 is 23.9 Å². The molecule has 45 heavy (non-hydrogen) atoms. The lowest BCUT2D eigenvalue weighted by molar-refractivity contribution is -0.141. The monoisotopic (exact) mass is 617 g/mol. The van der Waals surface area contributed by atoms with Crippen LogP contribution in [0.5, 0.6) is 0 Å². The smallest absolute Gasteiger partial charge is 0.243 e. The van der Waals surface area contributed by atoms with Gasteiger partial charge >= 0.3 is 0 Å². The molecule has 5 rings (SSSR count). The number of nitriles is 1. The molecule has 4 atom stereocenters. The average molecular weight is 618 g/mol. The van der Waals surface area contributed by atoms with Crippen molar-refractivity contribution in [1.82, 2.24) is 10.2 Å². The molecule has 1 fully saturated rings. The van der Waals surface area contributed by atoms with Gasteiger partial charge in [0.15, 0.2) is 5.78 Å². The Kier molecular flexibility index (Phi) is 9.80. The van der Waals surface area contributed by atoms with Gasteiger partial charge in [-0.05, 0) is 53.8 Å². The molecule has 0 aliphatic carbocycles. The maximum absolute atomic E-state index is 14.6. The van der Waals surface area contributed by atoms with Crippen LogP contribution in [0.1, 0.15) is 70.4 Å². The van der Waals surface area contributed by atoms with Crippen LogP contribution in [0.4, 0.5) is 0 Å². The maximum Gasteiger partial charge on any atom is 0.243 e. The number of rotatable bonds is 9. The Labute approximate surface area is 269 Å². The van der Waals surface area contributed by atoms with Crippen LogP contribution in [0.3, 0.4) is 0 Å². The molecule has 7 heteroatoms. The van der Waals surface area contributed by atoms with Gasteiger partial charge in [0, 0.05) is 29.5 Å². The number of nitrogens with zero attached hydrogens (tertiary/aromatic N) is 2. The van der Waals surface area contributed by atoms with Gasteiger partial charge in [-0.15, -0.1) is 0 Å². The highest BCUT2D eigenvalue weighted by atomic mass is 35.5. The van der Waals surface area contributed by atoms with Gasteiger partial charge in [0.05, 0.1) is 23.6 Å². The van der Waals surface area contributed by atoms with Crippen LogP contribution in [0, 0.1) is 30.1 Å². The van der Waals surface area contributed by atoms with E-state index in [1.807, 2.05) is 75.4 Å². The number of hydrogen-bond donors (Lipinski definition) is 1. The van der Waals surface area contributed by atoms with Crippen molar-refractivity contribution < 1.29 is 14.4 Å². The number of ketones is 1. The van der Waals surface area contributed by atoms with Crippen LogP contribution in [0.15, 0.2) is 103 Å². The minimum atomic E-state index is -0.985. The van der Waals surface area contributed by atoms with E-state index in [0.29, 0.717) is 21.7 Å². The first-order valence-corrected chi connectivity index (χ1v) is 15.5. The van der Waals surface area contributed by atoms with Gasteiger partial charge in [0.25, 0.3) is 0 Å². The second-order valence-corrected chi connectivity index (χ2v) is 12.5. The molecule has 4 unspecified atom stereocenters. The molecule has 1 N–H and O–H groups in total. The third kappa shape index (κ3) is 7.00. The molecule has 0 radical (unpaired) electrons. The van der Waals surface area contributed by atoms with Crippen molar-refractivity contribution in [1.29, 1.82) is 5.26 Å². The number of benzene rings is 4. The topological polar surface area (TPSA) is 90.3 Å². The summed E-state index contributed by atoms with van der Waals surface area (Å²) in [6.07, 6.45) is 0.202. The van der Waals surface area contributed by atoms with Crippen molar-refractivity contribution in [2.45, 2.75) is 51.7 Å². The summed E-state index contributed by atoms with van der Waals surface area (Å²) < 4.78 is 0. The Morgan fingerprint density at radius 2 is 1.49 bits per heavy atom. The molecule has 1 aliphatic heterocycles. The summed E-state index contributed by atoms with van der Waals surface area (Å²) in [6, 6.07) is 31.4. The molecule has 1 heterocycles. The number of aryl methyl sites for hydroxylation is 1. The summed E-state index contributed by atoms with van der Waals surface area (Å²) in [5.41, 5.74) is 4.43. The average Bonchev–Trinajstić information content (AvgIpc) is 3.41. The lowest BCUT2D eigenvalue weighted by Crippen LogP contribution is -2.48. The first-order valence-electron chi connectivity index (χ1n) is 15.2. The van der Waals surface area contributed by atoms with Crippen molar-refractivity contribution in [2.24, 2.45) is 11.8 Å². The number of nitrogens with one attached hydrogen (secondary N) is 1. The fraction of sp³-hybridized carbons (Fsp3) is 0.263. The molecule has 228 valence electrons. The number of likely N-dealkylation sites (tertiary alicyclic amines) is 1. The fourth-order valence-corrected chi connectivity index (χ4v) is 6.39. The van der Waals surface area contributed by atoms with E-state index in [0.717, 1.165) is 16.7 Å². The standard InChI is InChI=1S/C38H36ClN3O3/c1-24(2)21-32(43)42-35(29-15-13-26(22-40)14-16-29)34(37(44)30-7-5-4-6-8-30)33(28-17-19-31(39)20-18-28)36(42)38(45)41-23-27-11-9-25(3)10-12-27/h4-20,24,33-36H,21,23H2,1-3H3,(H,41,45). The summed E-state index contributed by atoms with van der Waals surface area (Å²) >= 11 is 6.29. The number of Topliss-reactive ketones (excluding diaryl/α,β-unsaturated/α-hetero) is 1. The van der Waals surface area contributed by atoms with E-state index in [4.69, 9.17) is 11.6 Å². The Morgan fingerprint density at radius 3 is 2.09 bits per heavy atom. The summed E-state index contributed by atoms with van der Waals surface area (Å²) in [4.78, 5) is 45.0. The molecular weight excluding hydrogens is 582 g/mol. The second-order valence-electron chi connectivity index (χ2n) is 12.1. The van der Waals surface area contributed by atoms with Gasteiger partial charge in [-0.25, -0.2) is 0 Å². The van der Waals surface area contributed by atoms with Crippen molar-refractivity contribution in [2.75, 3.05) is 0 Å². The van der Waals surface area contributed by atoms with Crippen molar-refractivity contribution in [3.8, 4) is 6.07 Å².